The van der Waals surface area contributed by atoms with Gasteiger partial charge in [-0.2, -0.15) is 0 Å². The van der Waals surface area contributed by atoms with E-state index < -0.39 is 0 Å². The molecule has 0 amide bonds. The topological polar surface area (TPSA) is 54.4 Å². The maximum Gasteiger partial charge on any atom is 0.134 e. The Labute approximate surface area is 100 Å². The van der Waals surface area contributed by atoms with Crippen LogP contribution in [0.1, 0.15) is 5.76 Å². The molecule has 1 saturated heterocycles. The Bertz CT molecular complexity index is 514. The molecular weight excluding hydrogens is 214 g/mol. The number of nitrogen functional groups attached to an aromatic ring is 1. The SMILES string of the molecule is Nc1ccc2oc(CN3CCNCC3)cc2c1. The smallest absolute Gasteiger partial charge is 0.134 e. The highest BCUT2D eigenvalue weighted by atomic mass is 16.3. The second kappa shape index (κ2) is 4.39. The normalized spacial score (nSPS) is 17.6. The summed E-state index contributed by atoms with van der Waals surface area (Å²) in [5.41, 5.74) is 7.46. The summed E-state index contributed by atoms with van der Waals surface area (Å²) in [5.74, 6) is 1.02. The van der Waals surface area contributed by atoms with Crippen LogP contribution in [0.4, 0.5) is 5.69 Å². The molecule has 1 aliphatic heterocycles. The fourth-order valence-electron chi connectivity index (χ4n) is 2.28. The van der Waals surface area contributed by atoms with Crippen LogP contribution in [0.2, 0.25) is 0 Å². The summed E-state index contributed by atoms with van der Waals surface area (Å²) in [6.45, 7) is 5.18. The fourth-order valence-corrected chi connectivity index (χ4v) is 2.28. The molecule has 0 unspecified atom stereocenters. The number of hydrogen-bond donors (Lipinski definition) is 2. The zero-order chi connectivity index (χ0) is 11.7. The van der Waals surface area contributed by atoms with E-state index in [1.54, 1.807) is 0 Å². The van der Waals surface area contributed by atoms with E-state index in [-0.39, 0.29) is 0 Å². The summed E-state index contributed by atoms with van der Waals surface area (Å²) < 4.78 is 5.81. The number of furan rings is 1. The second-order valence-corrected chi connectivity index (χ2v) is 4.54. The van der Waals surface area contributed by atoms with E-state index in [0.29, 0.717) is 0 Å². The molecule has 1 aromatic carbocycles. The maximum absolute atomic E-state index is 5.81. The highest BCUT2D eigenvalue weighted by molar-refractivity contribution is 5.81. The van der Waals surface area contributed by atoms with Crippen LogP contribution in [0.15, 0.2) is 28.7 Å². The molecule has 0 spiro atoms. The van der Waals surface area contributed by atoms with Crippen molar-refractivity contribution in [2.24, 2.45) is 0 Å². The average molecular weight is 231 g/mol. The zero-order valence-electron chi connectivity index (χ0n) is 9.78. The molecule has 1 fully saturated rings. The van der Waals surface area contributed by atoms with Crippen molar-refractivity contribution in [3.05, 3.63) is 30.0 Å². The minimum Gasteiger partial charge on any atom is -0.460 e. The first kappa shape index (κ1) is 10.6. The minimum absolute atomic E-state index is 0.784. The lowest BCUT2D eigenvalue weighted by Gasteiger charge is -2.26. The first-order valence-corrected chi connectivity index (χ1v) is 6.02. The molecular formula is C13H17N3O. The van der Waals surface area contributed by atoms with Gasteiger partial charge in [0.05, 0.1) is 6.54 Å². The molecule has 0 bridgehead atoms. The van der Waals surface area contributed by atoms with Crippen LogP contribution >= 0.6 is 0 Å². The Hall–Kier alpha value is -1.52. The number of hydrogen-bond acceptors (Lipinski definition) is 4. The van der Waals surface area contributed by atoms with Crippen LogP contribution in [-0.4, -0.2) is 31.1 Å². The van der Waals surface area contributed by atoms with Gasteiger partial charge in [0.2, 0.25) is 0 Å². The number of nitrogens with two attached hydrogens (primary N) is 1. The molecule has 0 radical (unpaired) electrons. The van der Waals surface area contributed by atoms with Crippen LogP contribution in [-0.2, 0) is 6.54 Å². The standard InChI is InChI=1S/C13H17N3O/c14-11-1-2-13-10(7-11)8-12(17-13)9-16-5-3-15-4-6-16/h1-2,7-8,15H,3-6,9,14H2. The summed E-state index contributed by atoms with van der Waals surface area (Å²) in [7, 11) is 0. The number of fused-ring (bicyclic) bond motifs is 1. The second-order valence-electron chi connectivity index (χ2n) is 4.54. The Morgan fingerprint density at radius 1 is 1.24 bits per heavy atom. The van der Waals surface area contributed by atoms with Crippen LogP contribution in [0.3, 0.4) is 0 Å². The summed E-state index contributed by atoms with van der Waals surface area (Å²) in [6, 6.07) is 7.86. The van der Waals surface area contributed by atoms with Crippen molar-refractivity contribution in [2.75, 3.05) is 31.9 Å². The van der Waals surface area contributed by atoms with Crippen LogP contribution in [0.25, 0.3) is 11.0 Å². The van der Waals surface area contributed by atoms with Crippen molar-refractivity contribution in [1.29, 1.82) is 0 Å². The highest BCUT2D eigenvalue weighted by Crippen LogP contribution is 2.22. The third kappa shape index (κ3) is 2.28. The maximum atomic E-state index is 5.81. The summed E-state index contributed by atoms with van der Waals surface area (Å²) >= 11 is 0. The molecule has 1 aromatic heterocycles. The first-order chi connectivity index (χ1) is 8.31. The van der Waals surface area contributed by atoms with Crippen LogP contribution < -0.4 is 11.1 Å². The number of rotatable bonds is 2. The molecule has 2 heterocycles. The van der Waals surface area contributed by atoms with Gasteiger partial charge in [-0.15, -0.1) is 0 Å². The van der Waals surface area contributed by atoms with Crippen molar-refractivity contribution in [2.45, 2.75) is 6.54 Å². The van der Waals surface area contributed by atoms with Crippen molar-refractivity contribution in [1.82, 2.24) is 10.2 Å². The molecule has 90 valence electrons. The third-order valence-electron chi connectivity index (χ3n) is 3.18. The average Bonchev–Trinajstić information content (AvgIpc) is 2.71. The van der Waals surface area contributed by atoms with Crippen LogP contribution in [0.5, 0.6) is 0 Å². The molecule has 3 rings (SSSR count). The van der Waals surface area contributed by atoms with Crippen molar-refractivity contribution >= 4 is 16.7 Å². The molecule has 4 heteroatoms. The van der Waals surface area contributed by atoms with Gasteiger partial charge in [0.25, 0.3) is 0 Å². The first-order valence-electron chi connectivity index (χ1n) is 6.02. The molecule has 2 aromatic rings. The van der Waals surface area contributed by atoms with Gasteiger partial charge >= 0.3 is 0 Å². The predicted molar refractivity (Wildman–Crippen MR) is 68.8 cm³/mol. The number of piperazine rings is 1. The summed E-state index contributed by atoms with van der Waals surface area (Å²) in [5, 5.41) is 4.44. The number of nitrogens with zero attached hydrogens (tertiary/aromatic N) is 1. The van der Waals surface area contributed by atoms with E-state index >= 15 is 0 Å². The Morgan fingerprint density at radius 3 is 2.88 bits per heavy atom. The number of nitrogens with one attached hydrogen (secondary N) is 1. The minimum atomic E-state index is 0.784. The van der Waals surface area contributed by atoms with E-state index in [0.717, 1.165) is 55.1 Å². The quantitative estimate of drug-likeness (QED) is 0.768. The van der Waals surface area contributed by atoms with Gasteiger partial charge < -0.3 is 15.5 Å². The van der Waals surface area contributed by atoms with Crippen LogP contribution in [0, 0.1) is 0 Å². The van der Waals surface area contributed by atoms with E-state index in [4.69, 9.17) is 10.2 Å². The fraction of sp³-hybridized carbons (Fsp3) is 0.385. The van der Waals surface area contributed by atoms with Gasteiger partial charge in [0.15, 0.2) is 0 Å². The third-order valence-corrected chi connectivity index (χ3v) is 3.18. The van der Waals surface area contributed by atoms with Gasteiger partial charge in [0, 0.05) is 37.3 Å². The molecule has 0 atom stereocenters. The van der Waals surface area contributed by atoms with Gasteiger partial charge in [-0.3, -0.25) is 4.90 Å². The van der Waals surface area contributed by atoms with Crippen molar-refractivity contribution < 1.29 is 4.42 Å². The molecule has 4 nitrogen and oxygen atoms in total. The van der Waals surface area contributed by atoms with Crippen molar-refractivity contribution in [3.8, 4) is 0 Å². The molecule has 0 aliphatic carbocycles. The molecule has 3 N–H and O–H groups in total. The highest BCUT2D eigenvalue weighted by Gasteiger charge is 2.12. The van der Waals surface area contributed by atoms with Gasteiger partial charge in [-0.1, -0.05) is 0 Å². The summed E-state index contributed by atoms with van der Waals surface area (Å²) in [4.78, 5) is 2.40. The van der Waals surface area contributed by atoms with E-state index in [2.05, 4.69) is 16.3 Å². The van der Waals surface area contributed by atoms with Gasteiger partial charge in [0.1, 0.15) is 11.3 Å². The predicted octanol–water partition coefficient (Wildman–Crippen LogP) is 1.42. The van der Waals surface area contributed by atoms with Crippen molar-refractivity contribution in [3.63, 3.8) is 0 Å². The van der Waals surface area contributed by atoms with Gasteiger partial charge in [-0.25, -0.2) is 0 Å². The van der Waals surface area contributed by atoms with Gasteiger partial charge in [-0.05, 0) is 24.3 Å². The molecule has 17 heavy (non-hydrogen) atoms. The zero-order valence-corrected chi connectivity index (χ0v) is 9.78. The van der Waals surface area contributed by atoms with E-state index in [1.165, 1.54) is 0 Å². The monoisotopic (exact) mass is 231 g/mol. The molecule has 1 aliphatic rings. The largest absolute Gasteiger partial charge is 0.460 e. The van der Waals surface area contributed by atoms with E-state index in [1.807, 2.05) is 18.2 Å². The lowest BCUT2D eigenvalue weighted by Crippen LogP contribution is -2.42. The van der Waals surface area contributed by atoms with E-state index in [9.17, 15) is 0 Å². The molecule has 0 saturated carbocycles. The number of benzene rings is 1. The number of anilines is 1. The lowest BCUT2D eigenvalue weighted by molar-refractivity contribution is 0.218. The Balaban J connectivity index is 1.80. The summed E-state index contributed by atoms with van der Waals surface area (Å²) in [6.07, 6.45) is 0. The Morgan fingerprint density at radius 2 is 2.06 bits per heavy atom. The Kier molecular flexibility index (Phi) is 2.74. The lowest BCUT2D eigenvalue weighted by atomic mass is 10.2.